The van der Waals surface area contributed by atoms with Crippen molar-refractivity contribution in [1.29, 1.82) is 0 Å². The second kappa shape index (κ2) is 8.86. The third kappa shape index (κ3) is 4.59. The molecule has 0 spiro atoms. The van der Waals surface area contributed by atoms with E-state index >= 15 is 0 Å². The Morgan fingerprint density at radius 2 is 2.13 bits per heavy atom. The van der Waals surface area contributed by atoms with Crippen LogP contribution < -0.4 is 21.1 Å². The molecule has 31 heavy (non-hydrogen) atoms. The number of hydrogen-bond acceptors (Lipinski definition) is 7. The van der Waals surface area contributed by atoms with Gasteiger partial charge in [-0.2, -0.15) is 5.10 Å². The fourth-order valence-corrected chi connectivity index (χ4v) is 3.69. The van der Waals surface area contributed by atoms with Gasteiger partial charge >= 0.3 is 0 Å². The molecule has 0 radical (unpaired) electrons. The summed E-state index contributed by atoms with van der Waals surface area (Å²) in [5.41, 5.74) is 5.80. The minimum atomic E-state index is -0.673. The van der Waals surface area contributed by atoms with E-state index in [1.807, 2.05) is 7.05 Å². The van der Waals surface area contributed by atoms with Crippen molar-refractivity contribution in [2.24, 2.45) is 5.73 Å². The first-order chi connectivity index (χ1) is 14.9. The number of carbonyl (C=O) groups is 1. The summed E-state index contributed by atoms with van der Waals surface area (Å²) < 4.78 is 21.1. The number of carbonyl (C=O) groups excluding carboxylic acids is 1. The van der Waals surface area contributed by atoms with Crippen molar-refractivity contribution in [3.05, 3.63) is 47.1 Å². The maximum Gasteiger partial charge on any atom is 0.268 e. The van der Waals surface area contributed by atoms with Gasteiger partial charge in [0, 0.05) is 12.1 Å². The average molecular weight is 446 g/mol. The predicted molar refractivity (Wildman–Crippen MR) is 114 cm³/mol. The maximum atomic E-state index is 15.0. The highest BCUT2D eigenvalue weighted by atomic mass is 35.5. The van der Waals surface area contributed by atoms with Crippen LogP contribution in [-0.4, -0.2) is 45.3 Å². The zero-order chi connectivity index (χ0) is 22.0. The van der Waals surface area contributed by atoms with Crippen LogP contribution in [0.4, 0.5) is 16.0 Å². The van der Waals surface area contributed by atoms with Crippen molar-refractivity contribution in [1.82, 2.24) is 25.5 Å². The van der Waals surface area contributed by atoms with Gasteiger partial charge in [0.2, 0.25) is 0 Å². The molecule has 1 amide bonds. The first-order valence-corrected chi connectivity index (χ1v) is 10.1. The molecular formula is C20H21ClFN7O2. The van der Waals surface area contributed by atoms with Crippen molar-refractivity contribution >= 4 is 29.1 Å². The number of nitrogens with one attached hydrogen (secondary N) is 3. The third-order valence-corrected chi connectivity index (χ3v) is 5.44. The number of aromatic nitrogens is 4. The fourth-order valence-electron chi connectivity index (χ4n) is 3.54. The quantitative estimate of drug-likeness (QED) is 0.439. The van der Waals surface area contributed by atoms with E-state index < -0.39 is 11.7 Å². The molecule has 11 heteroatoms. The summed E-state index contributed by atoms with van der Waals surface area (Å²) in [6.45, 7) is 0. The number of H-pyrrole nitrogens is 1. The Kier molecular flexibility index (Phi) is 6.01. The van der Waals surface area contributed by atoms with Gasteiger partial charge in [-0.25, -0.2) is 14.4 Å². The average Bonchev–Trinajstić information content (AvgIpc) is 3.41. The normalized spacial score (nSPS) is 18.2. The minimum absolute atomic E-state index is 0.0149. The number of nitrogens with two attached hydrogens (primary N) is 1. The maximum absolute atomic E-state index is 15.0. The molecule has 0 saturated heterocycles. The molecule has 5 N–H and O–H groups in total. The van der Waals surface area contributed by atoms with Crippen LogP contribution in [0.5, 0.6) is 5.75 Å². The van der Waals surface area contributed by atoms with E-state index in [0.717, 1.165) is 19.3 Å². The van der Waals surface area contributed by atoms with Crippen LogP contribution in [0.3, 0.4) is 0 Å². The van der Waals surface area contributed by atoms with E-state index in [4.69, 9.17) is 22.1 Å². The predicted octanol–water partition coefficient (Wildman–Crippen LogP) is 3.02. The third-order valence-electron chi connectivity index (χ3n) is 5.15. The van der Waals surface area contributed by atoms with Gasteiger partial charge in [-0.05, 0) is 38.4 Å². The Morgan fingerprint density at radius 3 is 2.81 bits per heavy atom. The van der Waals surface area contributed by atoms with Crippen LogP contribution >= 0.6 is 11.6 Å². The molecule has 0 bridgehead atoms. The van der Waals surface area contributed by atoms with Crippen LogP contribution in [-0.2, 0) is 0 Å². The second-order valence-electron chi connectivity index (χ2n) is 7.22. The zero-order valence-corrected chi connectivity index (χ0v) is 17.4. The molecule has 1 aromatic carbocycles. The fraction of sp³-hybridized carbons (Fsp3) is 0.300. The Labute approximate surface area is 182 Å². The summed E-state index contributed by atoms with van der Waals surface area (Å²) in [5, 5.41) is 13.1. The lowest BCUT2D eigenvalue weighted by atomic mass is 10.1. The SMILES string of the molecule is CN[C@@H]1CC[C@@H](Oc2ccc(Cl)c(F)c2-c2cc(Nc3cnc(C(N)=O)cn3)n[nH]2)C1. The standard InChI is InChI=1S/C20H21ClFN7O2/c1-24-10-2-3-11(6-10)31-15-5-4-12(21)19(22)18(15)13-7-16(29-28-13)27-17-9-25-14(8-26-17)20(23)30/h4-5,7-11,24H,2-3,6H2,1H3,(H2,23,30)(H2,26,27,28,29)/t10-,11-/m1/s1. The van der Waals surface area contributed by atoms with Gasteiger partial charge in [-0.1, -0.05) is 11.6 Å². The van der Waals surface area contributed by atoms with E-state index in [-0.39, 0.29) is 22.4 Å². The largest absolute Gasteiger partial charge is 0.490 e. The lowest BCUT2D eigenvalue weighted by Crippen LogP contribution is -2.23. The van der Waals surface area contributed by atoms with Gasteiger partial charge in [-0.15, -0.1) is 0 Å². The number of halogens is 2. The molecule has 9 nitrogen and oxygen atoms in total. The molecule has 2 heterocycles. The van der Waals surface area contributed by atoms with E-state index in [0.29, 0.717) is 29.1 Å². The van der Waals surface area contributed by atoms with Crippen LogP contribution in [0, 0.1) is 5.82 Å². The lowest BCUT2D eigenvalue weighted by Gasteiger charge is -2.17. The topological polar surface area (TPSA) is 131 Å². The van der Waals surface area contributed by atoms with Gasteiger partial charge in [0.05, 0.1) is 28.7 Å². The molecular weight excluding hydrogens is 425 g/mol. The molecule has 1 fully saturated rings. The summed E-state index contributed by atoms with van der Waals surface area (Å²) in [7, 11) is 1.92. The van der Waals surface area contributed by atoms with Crippen molar-refractivity contribution in [2.45, 2.75) is 31.4 Å². The lowest BCUT2D eigenvalue weighted by molar-refractivity contribution is 0.0995. The smallest absolute Gasteiger partial charge is 0.268 e. The monoisotopic (exact) mass is 445 g/mol. The molecule has 162 valence electrons. The van der Waals surface area contributed by atoms with Gasteiger partial charge < -0.3 is 21.1 Å². The number of aromatic amines is 1. The number of rotatable bonds is 7. The van der Waals surface area contributed by atoms with Crippen molar-refractivity contribution in [2.75, 3.05) is 12.4 Å². The Bertz CT molecular complexity index is 1090. The first kappa shape index (κ1) is 21.0. The highest BCUT2D eigenvalue weighted by molar-refractivity contribution is 6.31. The molecule has 1 saturated carbocycles. The summed E-state index contributed by atoms with van der Waals surface area (Å²) >= 11 is 6.03. The highest BCUT2D eigenvalue weighted by Crippen LogP contribution is 2.38. The molecule has 2 aromatic heterocycles. The Balaban J connectivity index is 1.57. The Hall–Kier alpha value is -3.24. The number of hydrogen-bond donors (Lipinski definition) is 4. The minimum Gasteiger partial charge on any atom is -0.490 e. The molecule has 3 aromatic rings. The first-order valence-electron chi connectivity index (χ1n) is 9.71. The van der Waals surface area contributed by atoms with Crippen molar-refractivity contribution in [3.8, 4) is 17.0 Å². The van der Waals surface area contributed by atoms with Crippen molar-refractivity contribution in [3.63, 3.8) is 0 Å². The van der Waals surface area contributed by atoms with Gasteiger partial charge in [0.1, 0.15) is 23.4 Å². The molecule has 1 aliphatic rings. The van der Waals surface area contributed by atoms with E-state index in [2.05, 4.69) is 30.8 Å². The summed E-state index contributed by atoms with van der Waals surface area (Å²) in [5.74, 6) is -0.159. The number of primary amides is 1. The van der Waals surface area contributed by atoms with E-state index in [1.54, 1.807) is 12.1 Å². The van der Waals surface area contributed by atoms with Crippen LogP contribution in [0.15, 0.2) is 30.6 Å². The molecule has 1 aliphatic carbocycles. The van der Waals surface area contributed by atoms with Crippen molar-refractivity contribution < 1.29 is 13.9 Å². The van der Waals surface area contributed by atoms with Gasteiger partial charge in [0.15, 0.2) is 11.6 Å². The highest BCUT2D eigenvalue weighted by Gasteiger charge is 2.27. The Morgan fingerprint density at radius 1 is 1.29 bits per heavy atom. The summed E-state index contributed by atoms with van der Waals surface area (Å²) in [4.78, 5) is 19.1. The van der Waals surface area contributed by atoms with E-state index in [9.17, 15) is 9.18 Å². The number of ether oxygens (including phenoxy) is 1. The number of nitrogens with zero attached hydrogens (tertiary/aromatic N) is 3. The van der Waals surface area contributed by atoms with Gasteiger partial charge in [0.25, 0.3) is 5.91 Å². The second-order valence-corrected chi connectivity index (χ2v) is 7.62. The van der Waals surface area contributed by atoms with E-state index in [1.165, 1.54) is 18.5 Å². The number of anilines is 2. The molecule has 0 aliphatic heterocycles. The zero-order valence-electron chi connectivity index (χ0n) is 16.7. The van der Waals surface area contributed by atoms with Gasteiger partial charge in [-0.3, -0.25) is 9.89 Å². The van der Waals surface area contributed by atoms with Crippen LogP contribution in [0.2, 0.25) is 5.02 Å². The molecule has 0 unspecified atom stereocenters. The van der Waals surface area contributed by atoms with Crippen LogP contribution in [0.1, 0.15) is 29.8 Å². The summed E-state index contributed by atoms with van der Waals surface area (Å²) in [6, 6.07) is 5.13. The summed E-state index contributed by atoms with van der Waals surface area (Å²) in [6.07, 6.45) is 5.31. The molecule has 4 rings (SSSR count). The number of amides is 1. The number of benzene rings is 1. The van der Waals surface area contributed by atoms with Crippen LogP contribution in [0.25, 0.3) is 11.3 Å². The molecule has 2 atom stereocenters.